The van der Waals surface area contributed by atoms with Crippen LogP contribution in [0.1, 0.15) is 37.9 Å². The van der Waals surface area contributed by atoms with Crippen molar-refractivity contribution < 1.29 is 9.21 Å². The first kappa shape index (κ1) is 16.2. The first-order valence-corrected chi connectivity index (χ1v) is 7.47. The number of carbonyl (C=O) groups is 1. The number of benzene rings is 1. The Bertz CT molecular complexity index is 674. The molecule has 1 unspecified atom stereocenters. The van der Waals surface area contributed by atoms with E-state index < -0.39 is 5.54 Å². The SMILES string of the molecule is CCCC(C)(N)C(=O)Nc1ccc(C)c(-c2nc(C)co2)c1. The molecule has 2 aromatic rings. The van der Waals surface area contributed by atoms with Gasteiger partial charge in [0.1, 0.15) is 6.26 Å². The number of carbonyl (C=O) groups excluding carboxylic acids is 1. The van der Waals surface area contributed by atoms with E-state index in [1.807, 2.05) is 39.0 Å². The summed E-state index contributed by atoms with van der Waals surface area (Å²) in [6.45, 7) is 7.61. The molecule has 2 rings (SSSR count). The smallest absolute Gasteiger partial charge is 0.244 e. The van der Waals surface area contributed by atoms with Gasteiger partial charge in [-0.15, -0.1) is 0 Å². The van der Waals surface area contributed by atoms with E-state index in [1.165, 1.54) is 0 Å². The Morgan fingerprint density at radius 1 is 1.41 bits per heavy atom. The number of hydrogen-bond acceptors (Lipinski definition) is 4. The van der Waals surface area contributed by atoms with Crippen LogP contribution >= 0.6 is 0 Å². The largest absolute Gasteiger partial charge is 0.444 e. The van der Waals surface area contributed by atoms with Crippen LogP contribution in [-0.4, -0.2) is 16.4 Å². The van der Waals surface area contributed by atoms with Gasteiger partial charge >= 0.3 is 0 Å². The Hall–Kier alpha value is -2.14. The van der Waals surface area contributed by atoms with Gasteiger partial charge in [-0.1, -0.05) is 19.4 Å². The summed E-state index contributed by atoms with van der Waals surface area (Å²) in [5.74, 6) is 0.364. The van der Waals surface area contributed by atoms with Gasteiger partial charge in [-0.3, -0.25) is 4.79 Å². The molecule has 0 aliphatic heterocycles. The van der Waals surface area contributed by atoms with Gasteiger partial charge in [0.15, 0.2) is 0 Å². The molecular weight excluding hydrogens is 278 g/mol. The second-order valence-corrected chi connectivity index (χ2v) is 5.95. The third kappa shape index (κ3) is 3.54. The molecule has 0 radical (unpaired) electrons. The maximum absolute atomic E-state index is 12.3. The predicted octanol–water partition coefficient (Wildman–Crippen LogP) is 3.41. The summed E-state index contributed by atoms with van der Waals surface area (Å²) in [4.78, 5) is 16.6. The molecule has 0 saturated heterocycles. The van der Waals surface area contributed by atoms with E-state index >= 15 is 0 Å². The molecule has 1 aromatic heterocycles. The summed E-state index contributed by atoms with van der Waals surface area (Å²) in [5.41, 5.74) is 8.58. The molecular formula is C17H23N3O2. The number of nitrogens with zero attached hydrogens (tertiary/aromatic N) is 1. The second-order valence-electron chi connectivity index (χ2n) is 5.95. The van der Waals surface area contributed by atoms with Gasteiger partial charge in [-0.25, -0.2) is 4.98 Å². The summed E-state index contributed by atoms with van der Waals surface area (Å²) < 4.78 is 5.45. The first-order chi connectivity index (χ1) is 10.3. The number of oxazole rings is 1. The van der Waals surface area contributed by atoms with Crippen LogP contribution in [0.3, 0.4) is 0 Å². The molecule has 0 aliphatic carbocycles. The zero-order valence-electron chi connectivity index (χ0n) is 13.6. The Morgan fingerprint density at radius 2 is 2.14 bits per heavy atom. The average molecular weight is 301 g/mol. The van der Waals surface area contributed by atoms with Crippen LogP contribution in [0.15, 0.2) is 28.9 Å². The highest BCUT2D eigenvalue weighted by Gasteiger charge is 2.27. The molecule has 0 fully saturated rings. The van der Waals surface area contributed by atoms with Crippen LogP contribution in [-0.2, 0) is 4.79 Å². The summed E-state index contributed by atoms with van der Waals surface area (Å²) in [5, 5.41) is 2.88. The summed E-state index contributed by atoms with van der Waals surface area (Å²) in [7, 11) is 0. The van der Waals surface area contributed by atoms with E-state index in [9.17, 15) is 4.79 Å². The molecule has 0 saturated carbocycles. The second kappa shape index (κ2) is 6.32. The van der Waals surface area contributed by atoms with Crippen LogP contribution in [0.2, 0.25) is 0 Å². The Balaban J connectivity index is 2.25. The lowest BCUT2D eigenvalue weighted by Crippen LogP contribution is -2.48. The molecule has 5 nitrogen and oxygen atoms in total. The highest BCUT2D eigenvalue weighted by Crippen LogP contribution is 2.26. The van der Waals surface area contributed by atoms with Gasteiger partial charge < -0.3 is 15.5 Å². The molecule has 0 aliphatic rings. The van der Waals surface area contributed by atoms with Gasteiger partial charge in [-0.05, 0) is 44.9 Å². The number of hydrogen-bond donors (Lipinski definition) is 2. The molecule has 5 heteroatoms. The van der Waals surface area contributed by atoms with Crippen LogP contribution < -0.4 is 11.1 Å². The third-order valence-corrected chi connectivity index (χ3v) is 3.63. The zero-order valence-corrected chi connectivity index (χ0v) is 13.6. The highest BCUT2D eigenvalue weighted by atomic mass is 16.3. The molecule has 22 heavy (non-hydrogen) atoms. The van der Waals surface area contributed by atoms with E-state index in [4.69, 9.17) is 10.2 Å². The van der Waals surface area contributed by atoms with E-state index in [0.29, 0.717) is 18.0 Å². The Labute approximate surface area is 130 Å². The number of anilines is 1. The average Bonchev–Trinajstić information content (AvgIpc) is 2.87. The van der Waals surface area contributed by atoms with Gasteiger partial charge in [0.25, 0.3) is 0 Å². The summed E-state index contributed by atoms with van der Waals surface area (Å²) in [6.07, 6.45) is 3.10. The maximum atomic E-state index is 12.3. The van der Waals surface area contributed by atoms with Crippen LogP contribution in [0, 0.1) is 13.8 Å². The standard InChI is InChI=1S/C17H23N3O2/c1-5-8-17(4,18)16(21)20-13-7-6-11(2)14(9-13)15-19-12(3)10-22-15/h6-7,9-10H,5,8,18H2,1-4H3,(H,20,21). The number of aryl methyl sites for hydroxylation is 2. The number of rotatable bonds is 5. The number of amides is 1. The fourth-order valence-electron chi connectivity index (χ4n) is 2.31. The fourth-order valence-corrected chi connectivity index (χ4v) is 2.31. The third-order valence-electron chi connectivity index (χ3n) is 3.63. The molecule has 1 aromatic carbocycles. The van der Waals surface area contributed by atoms with Crippen molar-refractivity contribution in [3.8, 4) is 11.5 Å². The fraction of sp³-hybridized carbons (Fsp3) is 0.412. The predicted molar refractivity (Wildman–Crippen MR) is 87.5 cm³/mol. The van der Waals surface area contributed by atoms with Gasteiger partial charge in [0.05, 0.1) is 11.2 Å². The minimum atomic E-state index is -0.876. The van der Waals surface area contributed by atoms with Crippen molar-refractivity contribution in [2.24, 2.45) is 5.73 Å². The van der Waals surface area contributed by atoms with Crippen molar-refractivity contribution in [1.82, 2.24) is 4.98 Å². The molecule has 118 valence electrons. The highest BCUT2D eigenvalue weighted by molar-refractivity contribution is 5.98. The summed E-state index contributed by atoms with van der Waals surface area (Å²) >= 11 is 0. The van der Waals surface area contributed by atoms with Crippen LogP contribution in [0.25, 0.3) is 11.5 Å². The monoisotopic (exact) mass is 301 g/mol. The topological polar surface area (TPSA) is 81.2 Å². The zero-order chi connectivity index (χ0) is 16.3. The van der Waals surface area contributed by atoms with Crippen molar-refractivity contribution in [3.05, 3.63) is 35.7 Å². The lowest BCUT2D eigenvalue weighted by atomic mass is 9.96. The summed E-state index contributed by atoms with van der Waals surface area (Å²) in [6, 6.07) is 5.65. The number of nitrogens with one attached hydrogen (secondary N) is 1. The van der Waals surface area contributed by atoms with E-state index in [1.54, 1.807) is 13.2 Å². The van der Waals surface area contributed by atoms with Crippen molar-refractivity contribution in [2.45, 2.75) is 46.1 Å². The van der Waals surface area contributed by atoms with Crippen LogP contribution in [0.5, 0.6) is 0 Å². The van der Waals surface area contributed by atoms with Gasteiger partial charge in [0.2, 0.25) is 11.8 Å². The minimum Gasteiger partial charge on any atom is -0.444 e. The molecule has 1 heterocycles. The molecule has 0 spiro atoms. The maximum Gasteiger partial charge on any atom is 0.244 e. The quantitative estimate of drug-likeness (QED) is 0.886. The van der Waals surface area contributed by atoms with Crippen LogP contribution in [0.4, 0.5) is 5.69 Å². The molecule has 3 N–H and O–H groups in total. The molecule has 1 amide bonds. The molecule has 0 bridgehead atoms. The first-order valence-electron chi connectivity index (χ1n) is 7.47. The Kier molecular flexibility index (Phi) is 4.66. The van der Waals surface area contributed by atoms with E-state index in [2.05, 4.69) is 10.3 Å². The van der Waals surface area contributed by atoms with Crippen molar-refractivity contribution in [1.29, 1.82) is 0 Å². The minimum absolute atomic E-state index is 0.187. The lowest BCUT2D eigenvalue weighted by molar-refractivity contribution is -0.120. The Morgan fingerprint density at radius 3 is 2.73 bits per heavy atom. The van der Waals surface area contributed by atoms with Gasteiger partial charge in [0, 0.05) is 11.3 Å². The van der Waals surface area contributed by atoms with Crippen molar-refractivity contribution >= 4 is 11.6 Å². The number of aromatic nitrogens is 1. The van der Waals surface area contributed by atoms with E-state index in [-0.39, 0.29) is 5.91 Å². The lowest BCUT2D eigenvalue weighted by Gasteiger charge is -2.23. The van der Waals surface area contributed by atoms with Crippen molar-refractivity contribution in [2.75, 3.05) is 5.32 Å². The number of nitrogens with two attached hydrogens (primary N) is 1. The van der Waals surface area contributed by atoms with Gasteiger partial charge in [-0.2, -0.15) is 0 Å². The normalized spacial score (nSPS) is 13.7. The van der Waals surface area contributed by atoms with E-state index in [0.717, 1.165) is 23.2 Å². The molecule has 1 atom stereocenters. The van der Waals surface area contributed by atoms with Crippen molar-refractivity contribution in [3.63, 3.8) is 0 Å².